The van der Waals surface area contributed by atoms with Crippen molar-refractivity contribution in [1.82, 2.24) is 4.98 Å². The van der Waals surface area contributed by atoms with Crippen LogP contribution in [0.15, 0.2) is 24.4 Å². The Labute approximate surface area is 116 Å². The van der Waals surface area contributed by atoms with Crippen LogP contribution in [0, 0.1) is 17.6 Å². The quantitative estimate of drug-likeness (QED) is 0.883. The molecule has 0 bridgehead atoms. The highest BCUT2D eigenvalue weighted by atomic mass is 19.1. The molecule has 0 aliphatic heterocycles. The molecule has 1 aromatic carbocycles. The van der Waals surface area contributed by atoms with E-state index in [-0.39, 0.29) is 24.1 Å². The minimum atomic E-state index is -0.674. The number of nitrogens with zero attached hydrogens (tertiary/aromatic N) is 1. The zero-order chi connectivity index (χ0) is 14.7. The number of fused-ring (bicyclic) bond motifs is 1. The van der Waals surface area contributed by atoms with E-state index in [1.807, 2.05) is 13.8 Å². The number of aromatic nitrogens is 1. The molecule has 0 spiro atoms. The molecule has 1 aromatic heterocycles. The summed E-state index contributed by atoms with van der Waals surface area (Å²) in [5.41, 5.74) is 0.767. The molecule has 20 heavy (non-hydrogen) atoms. The summed E-state index contributed by atoms with van der Waals surface area (Å²) in [7, 11) is 0. The molecular formula is C15H18F2N2O. The predicted molar refractivity (Wildman–Crippen MR) is 75.6 cm³/mol. The lowest BCUT2D eigenvalue weighted by molar-refractivity contribution is 0.267. The Bertz CT molecular complexity index is 602. The Morgan fingerprint density at radius 3 is 2.70 bits per heavy atom. The van der Waals surface area contributed by atoms with Crippen molar-refractivity contribution < 1.29 is 13.9 Å². The lowest BCUT2D eigenvalue weighted by Crippen LogP contribution is -2.26. The average molecular weight is 280 g/mol. The van der Waals surface area contributed by atoms with Crippen LogP contribution in [0.2, 0.25) is 0 Å². The molecule has 3 nitrogen and oxygen atoms in total. The van der Waals surface area contributed by atoms with Gasteiger partial charge in [-0.25, -0.2) is 8.78 Å². The molecular weight excluding hydrogens is 262 g/mol. The van der Waals surface area contributed by atoms with Gasteiger partial charge in [-0.05, 0) is 24.5 Å². The molecule has 0 radical (unpaired) electrons. The highest BCUT2D eigenvalue weighted by molar-refractivity contribution is 5.91. The zero-order valence-electron chi connectivity index (χ0n) is 11.5. The highest BCUT2D eigenvalue weighted by Gasteiger charge is 2.15. The molecule has 0 aliphatic rings. The first-order chi connectivity index (χ1) is 9.52. The number of anilines is 1. The lowest BCUT2D eigenvalue weighted by Gasteiger charge is -2.23. The summed E-state index contributed by atoms with van der Waals surface area (Å²) in [6.07, 6.45) is 2.06. The minimum absolute atomic E-state index is 0.0249. The van der Waals surface area contributed by atoms with E-state index >= 15 is 0 Å². The number of aliphatic hydroxyl groups excluding tert-OH is 1. The molecule has 2 N–H and O–H groups in total. The third kappa shape index (κ3) is 3.04. The summed E-state index contributed by atoms with van der Waals surface area (Å²) < 4.78 is 27.1. The van der Waals surface area contributed by atoms with Crippen molar-refractivity contribution in [3.05, 3.63) is 36.0 Å². The Hall–Kier alpha value is -1.75. The van der Waals surface area contributed by atoms with Crippen molar-refractivity contribution in [2.75, 3.05) is 11.9 Å². The van der Waals surface area contributed by atoms with E-state index in [1.54, 1.807) is 6.07 Å². The minimum Gasteiger partial charge on any atom is -0.396 e. The summed E-state index contributed by atoms with van der Waals surface area (Å²) in [6.45, 7) is 4.11. The van der Waals surface area contributed by atoms with Gasteiger partial charge in [-0.3, -0.25) is 4.98 Å². The molecule has 1 unspecified atom stereocenters. The van der Waals surface area contributed by atoms with Gasteiger partial charge in [0.05, 0.1) is 0 Å². The smallest absolute Gasteiger partial charge is 0.152 e. The van der Waals surface area contributed by atoms with Crippen molar-refractivity contribution in [2.45, 2.75) is 26.3 Å². The van der Waals surface area contributed by atoms with E-state index in [1.165, 1.54) is 12.3 Å². The van der Waals surface area contributed by atoms with Crippen molar-refractivity contribution in [3.63, 3.8) is 0 Å². The average Bonchev–Trinajstić information content (AvgIpc) is 2.38. The molecule has 1 atom stereocenters. The molecule has 0 fully saturated rings. The maximum absolute atomic E-state index is 13.7. The van der Waals surface area contributed by atoms with Crippen molar-refractivity contribution >= 4 is 16.6 Å². The van der Waals surface area contributed by atoms with E-state index in [4.69, 9.17) is 5.11 Å². The second kappa shape index (κ2) is 6.13. The van der Waals surface area contributed by atoms with Crippen LogP contribution in [-0.4, -0.2) is 22.7 Å². The van der Waals surface area contributed by atoms with Crippen LogP contribution >= 0.6 is 0 Å². The van der Waals surface area contributed by atoms with Crippen LogP contribution < -0.4 is 5.32 Å². The number of hydrogen-bond acceptors (Lipinski definition) is 3. The van der Waals surface area contributed by atoms with Gasteiger partial charge in [-0.2, -0.15) is 0 Å². The summed E-state index contributed by atoms with van der Waals surface area (Å²) in [5, 5.41) is 12.7. The number of halogens is 2. The van der Waals surface area contributed by atoms with Crippen LogP contribution in [0.5, 0.6) is 0 Å². The van der Waals surface area contributed by atoms with Crippen LogP contribution in [-0.2, 0) is 0 Å². The van der Waals surface area contributed by atoms with Gasteiger partial charge in [0, 0.05) is 36.0 Å². The number of rotatable bonds is 5. The molecule has 108 valence electrons. The number of nitrogens with one attached hydrogen (secondary N) is 1. The first kappa shape index (κ1) is 14.7. The SMILES string of the molecule is CC(C)C(CCO)Nc1ccnc2c(F)cc(F)cc12. The number of pyridine rings is 1. The fraction of sp³-hybridized carbons (Fsp3) is 0.400. The van der Waals surface area contributed by atoms with Crippen LogP contribution in [0.1, 0.15) is 20.3 Å². The van der Waals surface area contributed by atoms with Gasteiger partial charge < -0.3 is 10.4 Å². The van der Waals surface area contributed by atoms with Crippen LogP contribution in [0.4, 0.5) is 14.5 Å². The van der Waals surface area contributed by atoms with Crippen molar-refractivity contribution in [2.24, 2.45) is 5.92 Å². The Balaban J connectivity index is 2.43. The monoisotopic (exact) mass is 280 g/mol. The fourth-order valence-electron chi connectivity index (χ4n) is 2.22. The summed E-state index contributed by atoms with van der Waals surface area (Å²) in [6, 6.07) is 3.81. The Kier molecular flexibility index (Phi) is 4.49. The zero-order valence-corrected chi connectivity index (χ0v) is 11.5. The van der Waals surface area contributed by atoms with Crippen LogP contribution in [0.25, 0.3) is 10.9 Å². The van der Waals surface area contributed by atoms with Gasteiger partial charge in [0.25, 0.3) is 0 Å². The van der Waals surface area contributed by atoms with Gasteiger partial charge in [-0.1, -0.05) is 13.8 Å². The van der Waals surface area contributed by atoms with E-state index < -0.39 is 11.6 Å². The fourth-order valence-corrected chi connectivity index (χ4v) is 2.22. The third-order valence-electron chi connectivity index (χ3n) is 3.35. The first-order valence-corrected chi connectivity index (χ1v) is 6.64. The summed E-state index contributed by atoms with van der Waals surface area (Å²) in [4.78, 5) is 3.95. The number of hydrogen-bond donors (Lipinski definition) is 2. The number of benzene rings is 1. The molecule has 0 saturated heterocycles. The molecule has 0 saturated carbocycles. The summed E-state index contributed by atoms with van der Waals surface area (Å²) in [5.74, 6) is -1.02. The topological polar surface area (TPSA) is 45.1 Å². The number of aliphatic hydroxyl groups is 1. The normalized spacial score (nSPS) is 12.9. The van der Waals surface area contributed by atoms with E-state index in [2.05, 4.69) is 10.3 Å². The van der Waals surface area contributed by atoms with Crippen LogP contribution in [0.3, 0.4) is 0 Å². The molecule has 0 aliphatic carbocycles. The third-order valence-corrected chi connectivity index (χ3v) is 3.35. The van der Waals surface area contributed by atoms with Gasteiger partial charge in [0.1, 0.15) is 11.3 Å². The van der Waals surface area contributed by atoms with Gasteiger partial charge >= 0.3 is 0 Å². The van der Waals surface area contributed by atoms with E-state index in [0.717, 1.165) is 6.07 Å². The lowest BCUT2D eigenvalue weighted by atomic mass is 10.0. The Morgan fingerprint density at radius 1 is 1.30 bits per heavy atom. The molecule has 1 heterocycles. The second-order valence-corrected chi connectivity index (χ2v) is 5.15. The van der Waals surface area contributed by atoms with Gasteiger partial charge in [0.15, 0.2) is 5.82 Å². The molecule has 5 heteroatoms. The summed E-state index contributed by atoms with van der Waals surface area (Å²) >= 11 is 0. The highest BCUT2D eigenvalue weighted by Crippen LogP contribution is 2.26. The maximum atomic E-state index is 13.7. The molecule has 0 amide bonds. The van der Waals surface area contributed by atoms with E-state index in [0.29, 0.717) is 17.5 Å². The molecule has 2 rings (SSSR count). The second-order valence-electron chi connectivity index (χ2n) is 5.15. The first-order valence-electron chi connectivity index (χ1n) is 6.64. The van der Waals surface area contributed by atoms with Crippen molar-refractivity contribution in [1.29, 1.82) is 0 Å². The Morgan fingerprint density at radius 2 is 2.05 bits per heavy atom. The van der Waals surface area contributed by atoms with Gasteiger partial charge in [-0.15, -0.1) is 0 Å². The van der Waals surface area contributed by atoms with E-state index in [9.17, 15) is 8.78 Å². The standard InChI is InChI=1S/C15H18F2N2O/c1-9(2)13(4-6-20)19-14-3-5-18-15-11(14)7-10(16)8-12(15)17/h3,5,7-9,13,20H,4,6H2,1-2H3,(H,18,19). The predicted octanol–water partition coefficient (Wildman–Crippen LogP) is 3.33. The van der Waals surface area contributed by atoms with Gasteiger partial charge in [0.2, 0.25) is 0 Å². The maximum Gasteiger partial charge on any atom is 0.152 e. The largest absolute Gasteiger partial charge is 0.396 e. The molecule has 2 aromatic rings. The van der Waals surface area contributed by atoms with Crippen molar-refractivity contribution in [3.8, 4) is 0 Å².